The highest BCUT2D eigenvalue weighted by Gasteiger charge is 2.24. The Bertz CT molecular complexity index is 635. The molecule has 1 aliphatic rings. The normalized spacial score (nSPS) is 20.4. The Morgan fingerprint density at radius 3 is 3.15 bits per heavy atom. The molecular formula is C15H19N3O2. The molecule has 1 unspecified atom stereocenters. The molecule has 1 aliphatic heterocycles. The second kappa shape index (κ2) is 5.25. The van der Waals surface area contributed by atoms with Crippen LogP contribution in [0.15, 0.2) is 24.5 Å². The van der Waals surface area contributed by atoms with Gasteiger partial charge in [0.15, 0.2) is 0 Å². The number of rotatable bonds is 3. The second-order valence-electron chi connectivity index (χ2n) is 5.33. The molecule has 5 heteroatoms. The van der Waals surface area contributed by atoms with Crippen molar-refractivity contribution in [1.82, 2.24) is 14.3 Å². The molecule has 1 fully saturated rings. The molecular weight excluding hydrogens is 254 g/mol. The number of hydrogen-bond donors (Lipinski definition) is 1. The van der Waals surface area contributed by atoms with E-state index in [1.165, 1.54) is 6.42 Å². The van der Waals surface area contributed by atoms with Gasteiger partial charge in [0.1, 0.15) is 5.82 Å². The molecule has 20 heavy (non-hydrogen) atoms. The molecule has 3 heterocycles. The minimum absolute atomic E-state index is 0.314. The fourth-order valence-corrected chi connectivity index (χ4v) is 3.08. The number of likely N-dealkylation sites (N-methyl/N-ethyl adjacent to an activating group) is 1. The van der Waals surface area contributed by atoms with Crippen LogP contribution >= 0.6 is 0 Å². The van der Waals surface area contributed by atoms with Gasteiger partial charge in [0.2, 0.25) is 0 Å². The lowest BCUT2D eigenvalue weighted by molar-refractivity contribution is 0.0698. The van der Waals surface area contributed by atoms with Crippen LogP contribution in [0.2, 0.25) is 0 Å². The Kier molecular flexibility index (Phi) is 3.44. The van der Waals surface area contributed by atoms with E-state index in [-0.39, 0.29) is 0 Å². The summed E-state index contributed by atoms with van der Waals surface area (Å²) in [6.45, 7) is 5.39. The van der Waals surface area contributed by atoms with E-state index in [2.05, 4.69) is 16.8 Å². The van der Waals surface area contributed by atoms with Gasteiger partial charge in [-0.15, -0.1) is 0 Å². The number of piperidine rings is 1. The minimum Gasteiger partial charge on any atom is -0.478 e. The van der Waals surface area contributed by atoms with E-state index >= 15 is 0 Å². The third-order valence-corrected chi connectivity index (χ3v) is 4.15. The topological polar surface area (TPSA) is 57.8 Å². The largest absolute Gasteiger partial charge is 0.478 e. The SMILES string of the molecule is CCN1CCCC(c2ncc3c(C(=O)O)cccn23)C1. The van der Waals surface area contributed by atoms with E-state index < -0.39 is 5.97 Å². The number of fused-ring (bicyclic) bond motifs is 1. The fourth-order valence-electron chi connectivity index (χ4n) is 3.08. The van der Waals surface area contributed by atoms with Crippen molar-refractivity contribution in [3.05, 3.63) is 35.9 Å². The zero-order valence-corrected chi connectivity index (χ0v) is 11.6. The Hall–Kier alpha value is -1.88. The number of pyridine rings is 1. The summed E-state index contributed by atoms with van der Waals surface area (Å²) in [6, 6.07) is 3.41. The predicted molar refractivity (Wildman–Crippen MR) is 76.2 cm³/mol. The van der Waals surface area contributed by atoms with E-state index in [0.29, 0.717) is 17.0 Å². The molecule has 0 aromatic carbocycles. The van der Waals surface area contributed by atoms with Crippen molar-refractivity contribution in [2.75, 3.05) is 19.6 Å². The van der Waals surface area contributed by atoms with E-state index in [0.717, 1.165) is 31.9 Å². The predicted octanol–water partition coefficient (Wildman–Crippen LogP) is 2.23. The number of aromatic nitrogens is 2. The molecule has 0 amide bonds. The number of carbonyl (C=O) groups is 1. The molecule has 2 aromatic rings. The van der Waals surface area contributed by atoms with Crippen molar-refractivity contribution < 1.29 is 9.90 Å². The molecule has 1 atom stereocenters. The Labute approximate surface area is 117 Å². The van der Waals surface area contributed by atoms with E-state index in [1.54, 1.807) is 18.3 Å². The van der Waals surface area contributed by atoms with Crippen molar-refractivity contribution in [2.45, 2.75) is 25.7 Å². The Morgan fingerprint density at radius 2 is 2.40 bits per heavy atom. The number of likely N-dealkylation sites (tertiary alicyclic amines) is 1. The van der Waals surface area contributed by atoms with Crippen LogP contribution in [0.1, 0.15) is 41.9 Å². The average molecular weight is 273 g/mol. The number of hydrogen-bond acceptors (Lipinski definition) is 3. The first-order valence-corrected chi connectivity index (χ1v) is 7.12. The van der Waals surface area contributed by atoms with E-state index in [9.17, 15) is 9.90 Å². The van der Waals surface area contributed by atoms with Gasteiger partial charge in [-0.1, -0.05) is 6.92 Å². The van der Waals surface area contributed by atoms with Gasteiger partial charge < -0.3 is 14.4 Å². The summed E-state index contributed by atoms with van der Waals surface area (Å²) in [6.07, 6.45) is 5.89. The third-order valence-electron chi connectivity index (χ3n) is 4.15. The molecule has 0 bridgehead atoms. The Balaban J connectivity index is 2.00. The van der Waals surface area contributed by atoms with Gasteiger partial charge in [0.25, 0.3) is 0 Å². The van der Waals surface area contributed by atoms with E-state index in [4.69, 9.17) is 0 Å². The highest BCUT2D eigenvalue weighted by atomic mass is 16.4. The molecule has 0 spiro atoms. The minimum atomic E-state index is -0.902. The maximum atomic E-state index is 11.2. The number of aromatic carboxylic acids is 1. The quantitative estimate of drug-likeness (QED) is 0.931. The molecule has 0 aliphatic carbocycles. The van der Waals surface area contributed by atoms with Gasteiger partial charge in [-0.05, 0) is 38.1 Å². The van der Waals surface area contributed by atoms with Gasteiger partial charge in [0, 0.05) is 18.7 Å². The lowest BCUT2D eigenvalue weighted by atomic mass is 9.97. The average Bonchev–Trinajstić information content (AvgIpc) is 2.91. The monoisotopic (exact) mass is 273 g/mol. The summed E-state index contributed by atoms with van der Waals surface area (Å²) in [5.41, 5.74) is 0.998. The van der Waals surface area contributed by atoms with Crippen molar-refractivity contribution in [1.29, 1.82) is 0 Å². The fraction of sp³-hybridized carbons (Fsp3) is 0.467. The molecule has 1 N–H and O–H groups in total. The van der Waals surface area contributed by atoms with Crippen molar-refractivity contribution in [3.63, 3.8) is 0 Å². The zero-order chi connectivity index (χ0) is 14.1. The highest BCUT2D eigenvalue weighted by Crippen LogP contribution is 2.27. The van der Waals surface area contributed by atoms with Crippen LogP contribution < -0.4 is 0 Å². The molecule has 1 saturated heterocycles. The number of nitrogens with zero attached hydrogens (tertiary/aromatic N) is 3. The molecule has 106 valence electrons. The third kappa shape index (κ3) is 2.18. The van der Waals surface area contributed by atoms with Crippen LogP contribution in [0.5, 0.6) is 0 Å². The van der Waals surface area contributed by atoms with Gasteiger partial charge >= 0.3 is 5.97 Å². The number of carboxylic acid groups (broad SMARTS) is 1. The van der Waals surface area contributed by atoms with Crippen LogP contribution in [0.4, 0.5) is 0 Å². The molecule has 2 aromatic heterocycles. The molecule has 5 nitrogen and oxygen atoms in total. The van der Waals surface area contributed by atoms with Crippen LogP contribution in [0, 0.1) is 0 Å². The summed E-state index contributed by atoms with van der Waals surface area (Å²) in [4.78, 5) is 18.2. The molecule has 0 radical (unpaired) electrons. The Morgan fingerprint density at radius 1 is 1.55 bits per heavy atom. The van der Waals surface area contributed by atoms with Gasteiger partial charge in [-0.25, -0.2) is 9.78 Å². The summed E-state index contributed by atoms with van der Waals surface area (Å²) in [5, 5.41) is 9.23. The lowest BCUT2D eigenvalue weighted by Gasteiger charge is -2.31. The van der Waals surface area contributed by atoms with Crippen molar-refractivity contribution in [3.8, 4) is 0 Å². The number of carboxylic acids is 1. The first-order valence-electron chi connectivity index (χ1n) is 7.12. The second-order valence-corrected chi connectivity index (χ2v) is 5.33. The van der Waals surface area contributed by atoms with Crippen LogP contribution in [-0.2, 0) is 0 Å². The van der Waals surface area contributed by atoms with Crippen molar-refractivity contribution in [2.24, 2.45) is 0 Å². The van der Waals surface area contributed by atoms with E-state index in [1.807, 2.05) is 10.6 Å². The molecule has 3 rings (SSSR count). The smallest absolute Gasteiger partial charge is 0.337 e. The van der Waals surface area contributed by atoms with Gasteiger partial charge in [-0.3, -0.25) is 0 Å². The standard InChI is InChI=1S/C15H19N3O2/c1-2-17-7-3-5-11(10-17)14-16-9-13-12(15(19)20)6-4-8-18(13)14/h4,6,8-9,11H,2-3,5,7,10H2,1H3,(H,19,20). The van der Waals surface area contributed by atoms with Gasteiger partial charge in [0.05, 0.1) is 17.3 Å². The van der Waals surface area contributed by atoms with Crippen molar-refractivity contribution >= 4 is 11.5 Å². The van der Waals surface area contributed by atoms with Gasteiger partial charge in [-0.2, -0.15) is 0 Å². The number of imidazole rings is 1. The molecule has 0 saturated carbocycles. The lowest BCUT2D eigenvalue weighted by Crippen LogP contribution is -2.34. The highest BCUT2D eigenvalue weighted by molar-refractivity contribution is 5.95. The van der Waals surface area contributed by atoms with Crippen LogP contribution in [0.3, 0.4) is 0 Å². The van der Waals surface area contributed by atoms with Crippen LogP contribution in [0.25, 0.3) is 5.52 Å². The summed E-state index contributed by atoms with van der Waals surface area (Å²) < 4.78 is 1.94. The first kappa shape index (κ1) is 13.1. The summed E-state index contributed by atoms with van der Waals surface area (Å²) in [7, 11) is 0. The summed E-state index contributed by atoms with van der Waals surface area (Å²) >= 11 is 0. The van der Waals surface area contributed by atoms with Crippen LogP contribution in [-0.4, -0.2) is 45.0 Å². The summed E-state index contributed by atoms with van der Waals surface area (Å²) in [5.74, 6) is 0.470. The zero-order valence-electron chi connectivity index (χ0n) is 11.6. The first-order chi connectivity index (χ1) is 9.70. The maximum Gasteiger partial charge on any atom is 0.337 e. The maximum absolute atomic E-state index is 11.2.